The van der Waals surface area contributed by atoms with Crippen LogP contribution in [-0.4, -0.2) is 37.4 Å². The third kappa shape index (κ3) is 3.24. The standard InChI is InChI=1S/C15H20ClNO4/c1-20-12-8-10(7-11(16)13(12)21-2)14(19)17-15(9-18)5-3-4-6-15/h7-8,18H,3-6,9H2,1-2H3,(H,17,19). The van der Waals surface area contributed by atoms with Crippen molar-refractivity contribution in [1.29, 1.82) is 0 Å². The Morgan fingerprint density at radius 2 is 2.00 bits per heavy atom. The SMILES string of the molecule is COc1cc(C(=O)NC2(CO)CCCC2)cc(Cl)c1OC. The Balaban J connectivity index is 2.25. The molecule has 1 amide bonds. The number of benzene rings is 1. The lowest BCUT2D eigenvalue weighted by molar-refractivity contribution is 0.0838. The van der Waals surface area contributed by atoms with Gasteiger partial charge in [0.1, 0.15) is 0 Å². The lowest BCUT2D eigenvalue weighted by atomic mass is 9.98. The van der Waals surface area contributed by atoms with E-state index >= 15 is 0 Å². The smallest absolute Gasteiger partial charge is 0.251 e. The summed E-state index contributed by atoms with van der Waals surface area (Å²) in [5.74, 6) is 0.530. The van der Waals surface area contributed by atoms with Crippen LogP contribution < -0.4 is 14.8 Å². The van der Waals surface area contributed by atoms with Crippen molar-refractivity contribution >= 4 is 17.5 Å². The van der Waals surface area contributed by atoms with Crippen molar-refractivity contribution in [2.75, 3.05) is 20.8 Å². The minimum absolute atomic E-state index is 0.0558. The van der Waals surface area contributed by atoms with Crippen LogP contribution in [0.15, 0.2) is 12.1 Å². The average molecular weight is 314 g/mol. The van der Waals surface area contributed by atoms with Crippen LogP contribution >= 0.6 is 11.6 Å². The van der Waals surface area contributed by atoms with Crippen molar-refractivity contribution in [3.63, 3.8) is 0 Å². The van der Waals surface area contributed by atoms with Gasteiger partial charge in [0.2, 0.25) is 0 Å². The van der Waals surface area contributed by atoms with Crippen molar-refractivity contribution in [3.8, 4) is 11.5 Å². The zero-order valence-corrected chi connectivity index (χ0v) is 13.0. The summed E-state index contributed by atoms with van der Waals surface area (Å²) < 4.78 is 10.3. The van der Waals surface area contributed by atoms with Gasteiger partial charge in [-0.3, -0.25) is 4.79 Å². The number of nitrogens with one attached hydrogen (secondary N) is 1. The Morgan fingerprint density at radius 3 is 2.52 bits per heavy atom. The minimum atomic E-state index is -0.517. The number of carbonyl (C=O) groups excluding carboxylic acids is 1. The van der Waals surface area contributed by atoms with Crippen LogP contribution in [0, 0.1) is 0 Å². The summed E-state index contributed by atoms with van der Waals surface area (Å²) >= 11 is 6.11. The van der Waals surface area contributed by atoms with E-state index in [4.69, 9.17) is 21.1 Å². The van der Waals surface area contributed by atoms with Crippen LogP contribution in [0.5, 0.6) is 11.5 Å². The molecule has 0 spiro atoms. The van der Waals surface area contributed by atoms with Crippen molar-refractivity contribution in [2.24, 2.45) is 0 Å². The third-order valence-corrected chi connectivity index (χ3v) is 4.22. The molecule has 6 heteroatoms. The highest BCUT2D eigenvalue weighted by atomic mass is 35.5. The van der Waals surface area contributed by atoms with E-state index in [1.54, 1.807) is 6.07 Å². The second-order valence-electron chi connectivity index (χ2n) is 5.29. The highest BCUT2D eigenvalue weighted by Gasteiger charge is 2.35. The quantitative estimate of drug-likeness (QED) is 0.876. The molecule has 1 fully saturated rings. The van der Waals surface area contributed by atoms with E-state index in [0.29, 0.717) is 22.1 Å². The molecule has 1 aromatic rings. The molecule has 1 aromatic carbocycles. The molecule has 1 saturated carbocycles. The number of hydrogen-bond donors (Lipinski definition) is 2. The van der Waals surface area contributed by atoms with Gasteiger partial charge in [-0.2, -0.15) is 0 Å². The van der Waals surface area contributed by atoms with Crippen LogP contribution in [0.4, 0.5) is 0 Å². The van der Waals surface area contributed by atoms with Gasteiger partial charge in [0, 0.05) is 5.56 Å². The summed E-state index contributed by atoms with van der Waals surface area (Å²) in [4.78, 5) is 12.4. The summed E-state index contributed by atoms with van der Waals surface area (Å²) in [6.07, 6.45) is 3.59. The van der Waals surface area contributed by atoms with Crippen molar-refractivity contribution in [1.82, 2.24) is 5.32 Å². The van der Waals surface area contributed by atoms with E-state index in [2.05, 4.69) is 5.32 Å². The maximum atomic E-state index is 12.4. The normalized spacial score (nSPS) is 16.6. The molecular formula is C15H20ClNO4. The number of hydrogen-bond acceptors (Lipinski definition) is 4. The zero-order chi connectivity index (χ0) is 15.5. The molecule has 0 aromatic heterocycles. The summed E-state index contributed by atoms with van der Waals surface area (Å²) in [6, 6.07) is 3.12. The van der Waals surface area contributed by atoms with Gasteiger partial charge in [-0.15, -0.1) is 0 Å². The number of rotatable bonds is 5. The number of ether oxygens (including phenoxy) is 2. The highest BCUT2D eigenvalue weighted by Crippen LogP contribution is 2.36. The maximum Gasteiger partial charge on any atom is 0.251 e. The Morgan fingerprint density at radius 1 is 1.33 bits per heavy atom. The third-order valence-electron chi connectivity index (χ3n) is 3.94. The van der Waals surface area contributed by atoms with Gasteiger partial charge in [0.15, 0.2) is 11.5 Å². The molecule has 1 aliphatic carbocycles. The molecule has 5 nitrogen and oxygen atoms in total. The molecule has 0 unspecified atom stereocenters. The number of methoxy groups -OCH3 is 2. The summed E-state index contributed by atoms with van der Waals surface area (Å²) in [5, 5.41) is 12.8. The predicted molar refractivity (Wildman–Crippen MR) is 80.3 cm³/mol. The molecule has 0 radical (unpaired) electrons. The molecule has 0 heterocycles. The van der Waals surface area contributed by atoms with E-state index in [-0.39, 0.29) is 12.5 Å². The fourth-order valence-electron chi connectivity index (χ4n) is 2.74. The lowest BCUT2D eigenvalue weighted by Crippen LogP contribution is -2.49. The largest absolute Gasteiger partial charge is 0.493 e. The van der Waals surface area contributed by atoms with Gasteiger partial charge in [-0.1, -0.05) is 24.4 Å². The van der Waals surface area contributed by atoms with Gasteiger partial charge >= 0.3 is 0 Å². The second kappa shape index (κ2) is 6.54. The van der Waals surface area contributed by atoms with E-state index < -0.39 is 5.54 Å². The molecule has 116 valence electrons. The van der Waals surface area contributed by atoms with Crippen molar-refractivity contribution in [3.05, 3.63) is 22.7 Å². The molecular weight excluding hydrogens is 294 g/mol. The summed E-state index contributed by atoms with van der Waals surface area (Å²) in [7, 11) is 2.98. The Bertz CT molecular complexity index is 527. The van der Waals surface area contributed by atoms with Gasteiger partial charge < -0.3 is 19.9 Å². The maximum absolute atomic E-state index is 12.4. The van der Waals surface area contributed by atoms with Gasteiger partial charge in [0.05, 0.1) is 31.4 Å². The van der Waals surface area contributed by atoms with Gasteiger partial charge in [-0.05, 0) is 25.0 Å². The van der Waals surface area contributed by atoms with Crippen molar-refractivity contribution in [2.45, 2.75) is 31.2 Å². The number of aliphatic hydroxyl groups excluding tert-OH is 1. The first-order chi connectivity index (χ1) is 10.0. The predicted octanol–water partition coefficient (Wildman–Crippen LogP) is 2.39. The van der Waals surface area contributed by atoms with Crippen LogP contribution in [-0.2, 0) is 0 Å². The first-order valence-electron chi connectivity index (χ1n) is 6.90. The Hall–Kier alpha value is -1.46. The van der Waals surface area contributed by atoms with Crippen LogP contribution in [0.25, 0.3) is 0 Å². The second-order valence-corrected chi connectivity index (χ2v) is 5.70. The van der Waals surface area contributed by atoms with Crippen LogP contribution in [0.3, 0.4) is 0 Å². The van der Waals surface area contributed by atoms with Crippen LogP contribution in [0.1, 0.15) is 36.0 Å². The Labute approximate surface area is 129 Å². The molecule has 1 aliphatic rings. The Kier molecular flexibility index (Phi) is 4.96. The zero-order valence-electron chi connectivity index (χ0n) is 12.2. The highest BCUT2D eigenvalue weighted by molar-refractivity contribution is 6.32. The van der Waals surface area contributed by atoms with Gasteiger partial charge in [-0.25, -0.2) is 0 Å². The van der Waals surface area contributed by atoms with E-state index in [0.717, 1.165) is 25.7 Å². The molecule has 2 N–H and O–H groups in total. The number of carbonyl (C=O) groups is 1. The number of aliphatic hydroxyl groups is 1. The number of amides is 1. The average Bonchev–Trinajstić information content (AvgIpc) is 2.95. The molecule has 0 bridgehead atoms. The van der Waals surface area contributed by atoms with Gasteiger partial charge in [0.25, 0.3) is 5.91 Å². The van der Waals surface area contributed by atoms with Crippen molar-refractivity contribution < 1.29 is 19.4 Å². The fourth-order valence-corrected chi connectivity index (χ4v) is 3.02. The van der Waals surface area contributed by atoms with E-state index in [9.17, 15) is 9.90 Å². The van der Waals surface area contributed by atoms with E-state index in [1.165, 1.54) is 20.3 Å². The first kappa shape index (κ1) is 15.9. The molecule has 2 rings (SSSR count). The minimum Gasteiger partial charge on any atom is -0.493 e. The van der Waals surface area contributed by atoms with E-state index in [1.807, 2.05) is 0 Å². The fraction of sp³-hybridized carbons (Fsp3) is 0.533. The molecule has 21 heavy (non-hydrogen) atoms. The number of halogens is 1. The molecule has 0 atom stereocenters. The summed E-state index contributed by atoms with van der Waals surface area (Å²) in [5.41, 5.74) is -0.131. The molecule has 0 aliphatic heterocycles. The molecule has 0 saturated heterocycles. The summed E-state index contributed by atoms with van der Waals surface area (Å²) in [6.45, 7) is -0.0558. The monoisotopic (exact) mass is 313 g/mol. The van der Waals surface area contributed by atoms with Crippen LogP contribution in [0.2, 0.25) is 5.02 Å². The lowest BCUT2D eigenvalue weighted by Gasteiger charge is -2.28. The first-order valence-corrected chi connectivity index (χ1v) is 7.28. The topological polar surface area (TPSA) is 67.8 Å².